The van der Waals surface area contributed by atoms with Gasteiger partial charge in [0.25, 0.3) is 0 Å². The van der Waals surface area contributed by atoms with Crippen LogP contribution in [0.4, 0.5) is 0 Å². The van der Waals surface area contributed by atoms with Crippen LogP contribution in [0.2, 0.25) is 0 Å². The predicted octanol–water partition coefficient (Wildman–Crippen LogP) is 16.0. The molecule has 0 aliphatic heterocycles. The Morgan fingerprint density at radius 1 is 0.276 bits per heavy atom. The van der Waals surface area contributed by atoms with Gasteiger partial charge in [0, 0.05) is 10.8 Å². The Bertz CT molecular complexity index is 3570. The first-order valence-electron chi connectivity index (χ1n) is 20.8. The van der Waals surface area contributed by atoms with Crippen LogP contribution in [-0.2, 0) is 10.8 Å². The summed E-state index contributed by atoms with van der Waals surface area (Å²) in [5, 5.41) is 16.0. The highest BCUT2D eigenvalue weighted by atomic mass is 14.5. The lowest BCUT2D eigenvalue weighted by Crippen LogP contribution is -2.17. The number of hydrogen-bond donors (Lipinski definition) is 0. The first kappa shape index (κ1) is 32.3. The van der Waals surface area contributed by atoms with Gasteiger partial charge in [-0.2, -0.15) is 0 Å². The van der Waals surface area contributed by atoms with E-state index in [0.717, 1.165) is 0 Å². The minimum Gasteiger partial charge on any atom is -0.0622 e. The third-order valence-electron chi connectivity index (χ3n) is 14.3. The summed E-state index contributed by atoms with van der Waals surface area (Å²) >= 11 is 0. The van der Waals surface area contributed by atoms with Crippen molar-refractivity contribution in [1.82, 2.24) is 0 Å². The van der Waals surface area contributed by atoms with Gasteiger partial charge in [0.2, 0.25) is 0 Å². The molecule has 0 spiro atoms. The van der Waals surface area contributed by atoms with Crippen molar-refractivity contribution in [3.05, 3.63) is 192 Å². The third kappa shape index (κ3) is 3.95. The molecular weight excluding hydrogens is 697 g/mol. The second-order valence-electron chi connectivity index (χ2n) is 17.9. The Morgan fingerprint density at radius 3 is 1.45 bits per heavy atom. The van der Waals surface area contributed by atoms with Crippen LogP contribution in [0.5, 0.6) is 0 Å². The van der Waals surface area contributed by atoms with E-state index in [2.05, 4.69) is 198 Å². The molecule has 0 amide bonds. The molecule has 0 saturated carbocycles. The van der Waals surface area contributed by atoms with Gasteiger partial charge in [-0.25, -0.2) is 0 Å². The average molecular weight is 737 g/mol. The quantitative estimate of drug-likeness (QED) is 0.122. The lowest BCUT2D eigenvalue weighted by atomic mass is 9.79. The van der Waals surface area contributed by atoms with Gasteiger partial charge >= 0.3 is 0 Å². The molecule has 0 nitrogen and oxygen atoms in total. The molecule has 2 aliphatic rings. The van der Waals surface area contributed by atoms with E-state index in [1.54, 1.807) is 0 Å². The number of rotatable bonds is 2. The van der Waals surface area contributed by atoms with Gasteiger partial charge in [-0.1, -0.05) is 179 Å². The standard InChI is InChI=1S/C58H40/c1-57(2)46-29-28-41-40(26-27-42-51(33-14-7-5-8-15-33)38-20-11-12-21-39(38)52(56(41)42)34-16-9-6-10-17-34)54(46)44-31-48-45(32-47(44)57)55-43-25-24-36-19-13-18-35-22-23-37(53(43)50(35)36)30-49(55)58(48,3)4/h5-32H,1-4H3. The monoisotopic (exact) mass is 736 g/mol. The molecule has 0 saturated heterocycles. The second kappa shape index (κ2) is 11.0. The van der Waals surface area contributed by atoms with Crippen molar-refractivity contribution in [2.75, 3.05) is 0 Å². The summed E-state index contributed by atoms with van der Waals surface area (Å²) in [4.78, 5) is 0. The van der Waals surface area contributed by atoms with Crippen LogP contribution in [0.15, 0.2) is 170 Å². The van der Waals surface area contributed by atoms with Crippen molar-refractivity contribution in [2.45, 2.75) is 38.5 Å². The second-order valence-corrected chi connectivity index (χ2v) is 17.9. The van der Waals surface area contributed by atoms with E-state index < -0.39 is 0 Å². The van der Waals surface area contributed by atoms with E-state index in [1.807, 2.05) is 0 Å². The highest BCUT2D eigenvalue weighted by Crippen LogP contribution is 2.60. The topological polar surface area (TPSA) is 0 Å². The van der Waals surface area contributed by atoms with Gasteiger partial charge in [0.05, 0.1) is 0 Å². The fourth-order valence-corrected chi connectivity index (χ4v) is 11.6. The molecule has 0 aromatic heterocycles. The molecule has 13 rings (SSSR count). The molecular formula is C58H40. The lowest BCUT2D eigenvalue weighted by molar-refractivity contribution is 0.652. The number of hydrogen-bond acceptors (Lipinski definition) is 0. The molecule has 2 aliphatic carbocycles. The molecule has 11 aromatic carbocycles. The van der Waals surface area contributed by atoms with Crippen molar-refractivity contribution < 1.29 is 0 Å². The van der Waals surface area contributed by atoms with Crippen molar-refractivity contribution in [3.63, 3.8) is 0 Å². The fourth-order valence-electron chi connectivity index (χ4n) is 11.6. The maximum atomic E-state index is 2.60. The maximum absolute atomic E-state index is 2.60. The van der Waals surface area contributed by atoms with Crippen LogP contribution >= 0.6 is 0 Å². The third-order valence-corrected chi connectivity index (χ3v) is 14.3. The van der Waals surface area contributed by atoms with Crippen molar-refractivity contribution in [3.8, 4) is 44.5 Å². The molecule has 0 heteroatoms. The largest absolute Gasteiger partial charge is 0.0622 e. The summed E-state index contributed by atoms with van der Waals surface area (Å²) in [7, 11) is 0. The molecule has 0 bridgehead atoms. The van der Waals surface area contributed by atoms with Crippen LogP contribution in [0.1, 0.15) is 49.9 Å². The molecule has 272 valence electrons. The van der Waals surface area contributed by atoms with Crippen molar-refractivity contribution in [1.29, 1.82) is 0 Å². The Kier molecular flexibility index (Phi) is 6.13. The summed E-state index contributed by atoms with van der Waals surface area (Å²) in [6, 6.07) is 64.6. The van der Waals surface area contributed by atoms with Gasteiger partial charge in [0.1, 0.15) is 0 Å². The van der Waals surface area contributed by atoms with Gasteiger partial charge in [-0.15, -0.1) is 0 Å². The molecule has 0 fully saturated rings. The minimum absolute atomic E-state index is 0.154. The number of fused-ring (bicyclic) bond motifs is 12. The van der Waals surface area contributed by atoms with Crippen LogP contribution in [-0.4, -0.2) is 0 Å². The molecule has 58 heavy (non-hydrogen) atoms. The lowest BCUT2D eigenvalue weighted by Gasteiger charge is -2.24. The normalized spacial score (nSPS) is 14.8. The van der Waals surface area contributed by atoms with E-state index in [1.165, 1.54) is 131 Å². The predicted molar refractivity (Wildman–Crippen MR) is 249 cm³/mol. The zero-order chi connectivity index (χ0) is 38.7. The van der Waals surface area contributed by atoms with Crippen molar-refractivity contribution >= 4 is 64.6 Å². The van der Waals surface area contributed by atoms with Crippen LogP contribution in [0.25, 0.3) is 109 Å². The smallest absolute Gasteiger partial charge is 0.0159 e. The average Bonchev–Trinajstić information content (AvgIpc) is 3.62. The first-order chi connectivity index (χ1) is 28.3. The summed E-state index contributed by atoms with van der Waals surface area (Å²) in [6.45, 7) is 9.78. The molecule has 0 atom stereocenters. The van der Waals surface area contributed by atoms with Gasteiger partial charge < -0.3 is 0 Å². The summed E-state index contributed by atoms with van der Waals surface area (Å²) < 4.78 is 0. The van der Waals surface area contributed by atoms with Gasteiger partial charge in [-0.3, -0.25) is 0 Å². The Labute approximate surface area is 338 Å². The molecule has 0 heterocycles. The zero-order valence-corrected chi connectivity index (χ0v) is 33.2. The maximum Gasteiger partial charge on any atom is 0.0159 e. The van der Waals surface area contributed by atoms with Crippen LogP contribution < -0.4 is 0 Å². The Hall–Kier alpha value is -6.76. The fraction of sp³-hybridized carbons (Fsp3) is 0.103. The molecule has 0 unspecified atom stereocenters. The van der Waals surface area contributed by atoms with E-state index >= 15 is 0 Å². The Balaban J connectivity index is 1.13. The summed E-state index contributed by atoms with van der Waals surface area (Å²) in [5.74, 6) is 0. The number of benzene rings is 11. The minimum atomic E-state index is -0.166. The van der Waals surface area contributed by atoms with Gasteiger partial charge in [-0.05, 0) is 150 Å². The Morgan fingerprint density at radius 2 is 0.759 bits per heavy atom. The van der Waals surface area contributed by atoms with E-state index in [9.17, 15) is 0 Å². The van der Waals surface area contributed by atoms with E-state index in [-0.39, 0.29) is 10.8 Å². The van der Waals surface area contributed by atoms with E-state index in [0.29, 0.717) is 0 Å². The summed E-state index contributed by atoms with van der Waals surface area (Å²) in [6.07, 6.45) is 0. The van der Waals surface area contributed by atoms with Crippen LogP contribution in [0, 0.1) is 0 Å². The first-order valence-corrected chi connectivity index (χ1v) is 20.8. The summed E-state index contributed by atoms with van der Waals surface area (Å²) in [5.41, 5.74) is 16.1. The molecule has 0 radical (unpaired) electrons. The highest BCUT2D eigenvalue weighted by molar-refractivity contribution is 6.30. The highest BCUT2D eigenvalue weighted by Gasteiger charge is 2.43. The SMILES string of the molecule is CC1(C)c2cc3c(cc2-c2c1ccc1c2ccc2c(-c4ccccc4)c4ccccc4c(-c4ccccc4)c21)C(C)(C)c1cc2ccc4cccc5ccc(c1-3)c2c45. The molecule has 0 N–H and O–H groups in total. The van der Waals surface area contributed by atoms with Crippen LogP contribution in [0.3, 0.4) is 0 Å². The van der Waals surface area contributed by atoms with Gasteiger partial charge in [0.15, 0.2) is 0 Å². The zero-order valence-electron chi connectivity index (χ0n) is 33.2. The van der Waals surface area contributed by atoms with Crippen molar-refractivity contribution in [2.24, 2.45) is 0 Å². The van der Waals surface area contributed by atoms with E-state index in [4.69, 9.17) is 0 Å². The molecule has 11 aromatic rings.